The lowest BCUT2D eigenvalue weighted by molar-refractivity contribution is -0.125. The molecular weight excluding hydrogens is 303 g/mol. The predicted molar refractivity (Wildman–Crippen MR) is 91.7 cm³/mol. The van der Waals surface area contributed by atoms with Crippen LogP contribution in [0.4, 0.5) is 4.39 Å². The van der Waals surface area contributed by atoms with Crippen molar-refractivity contribution in [2.45, 2.75) is 40.2 Å². The zero-order chi connectivity index (χ0) is 16.0. The van der Waals surface area contributed by atoms with Gasteiger partial charge in [-0.05, 0) is 36.6 Å². The fraction of sp³-hybridized carbons (Fsp3) is 0.588. The van der Waals surface area contributed by atoms with E-state index in [1.54, 1.807) is 12.1 Å². The van der Waals surface area contributed by atoms with Crippen molar-refractivity contribution in [2.24, 2.45) is 11.3 Å². The molecule has 2 atom stereocenters. The predicted octanol–water partition coefficient (Wildman–Crippen LogP) is 3.70. The second kappa shape index (κ2) is 9.11. The van der Waals surface area contributed by atoms with Gasteiger partial charge in [-0.2, -0.15) is 0 Å². The van der Waals surface area contributed by atoms with Crippen LogP contribution in [-0.2, 0) is 4.79 Å². The van der Waals surface area contributed by atoms with Gasteiger partial charge in [0.15, 0.2) is 0 Å². The Morgan fingerprint density at radius 1 is 1.23 bits per heavy atom. The first-order valence-corrected chi connectivity index (χ1v) is 7.43. The van der Waals surface area contributed by atoms with Crippen molar-refractivity contribution in [3.63, 3.8) is 0 Å². The topological polar surface area (TPSA) is 41.1 Å². The van der Waals surface area contributed by atoms with Crippen LogP contribution in [0.25, 0.3) is 0 Å². The fourth-order valence-corrected chi connectivity index (χ4v) is 2.27. The number of benzene rings is 1. The normalized spacial score (nSPS) is 13.9. The Hall–Kier alpha value is -1.13. The molecule has 2 N–H and O–H groups in total. The van der Waals surface area contributed by atoms with Crippen LogP contribution in [0.3, 0.4) is 0 Å². The number of carbonyl (C=O) groups excluding carboxylic acids is 1. The van der Waals surface area contributed by atoms with Gasteiger partial charge in [0.25, 0.3) is 0 Å². The molecule has 0 aliphatic rings. The summed E-state index contributed by atoms with van der Waals surface area (Å²) in [6.45, 7) is 8.92. The smallest absolute Gasteiger partial charge is 0.224 e. The average molecular weight is 331 g/mol. The number of amides is 1. The van der Waals surface area contributed by atoms with Crippen molar-refractivity contribution in [1.82, 2.24) is 10.6 Å². The first-order valence-electron chi connectivity index (χ1n) is 7.43. The molecule has 0 radical (unpaired) electrons. The van der Waals surface area contributed by atoms with Gasteiger partial charge in [-0.15, -0.1) is 12.4 Å². The molecule has 2 unspecified atom stereocenters. The Labute approximate surface area is 139 Å². The van der Waals surface area contributed by atoms with Crippen molar-refractivity contribution < 1.29 is 9.18 Å². The number of hydrogen-bond donors (Lipinski definition) is 2. The first kappa shape index (κ1) is 20.9. The minimum absolute atomic E-state index is 0. The summed E-state index contributed by atoms with van der Waals surface area (Å²) in [5.74, 6) is -0.344. The van der Waals surface area contributed by atoms with E-state index in [2.05, 4.69) is 31.4 Å². The van der Waals surface area contributed by atoms with Crippen LogP contribution in [0, 0.1) is 17.2 Å². The van der Waals surface area contributed by atoms with E-state index in [0.29, 0.717) is 6.54 Å². The maximum absolute atomic E-state index is 13.1. The fourth-order valence-electron chi connectivity index (χ4n) is 2.27. The van der Waals surface area contributed by atoms with Gasteiger partial charge in [0.1, 0.15) is 5.82 Å². The van der Waals surface area contributed by atoms with E-state index in [9.17, 15) is 9.18 Å². The SMILES string of the molecule is CNCC(C)C(=O)NC(CC(C)(C)C)c1ccc(F)cc1.Cl. The first-order chi connectivity index (χ1) is 9.73. The highest BCUT2D eigenvalue weighted by atomic mass is 35.5. The van der Waals surface area contributed by atoms with Gasteiger partial charge in [-0.25, -0.2) is 4.39 Å². The third-order valence-corrected chi connectivity index (χ3v) is 3.36. The van der Waals surface area contributed by atoms with Crippen LogP contribution >= 0.6 is 12.4 Å². The molecule has 0 aliphatic heterocycles. The Morgan fingerprint density at radius 3 is 2.23 bits per heavy atom. The van der Waals surface area contributed by atoms with E-state index in [1.165, 1.54) is 12.1 Å². The quantitative estimate of drug-likeness (QED) is 0.835. The van der Waals surface area contributed by atoms with E-state index in [4.69, 9.17) is 0 Å². The summed E-state index contributed by atoms with van der Waals surface area (Å²) >= 11 is 0. The minimum Gasteiger partial charge on any atom is -0.349 e. The molecule has 0 fully saturated rings. The van der Waals surface area contributed by atoms with Gasteiger partial charge in [0.05, 0.1) is 6.04 Å². The summed E-state index contributed by atoms with van der Waals surface area (Å²) in [7, 11) is 1.83. The zero-order valence-electron chi connectivity index (χ0n) is 14.1. The molecule has 3 nitrogen and oxygen atoms in total. The highest BCUT2D eigenvalue weighted by Crippen LogP contribution is 2.29. The second-order valence-corrected chi connectivity index (χ2v) is 6.84. The lowest BCUT2D eigenvalue weighted by Crippen LogP contribution is -2.38. The highest BCUT2D eigenvalue weighted by Gasteiger charge is 2.23. The van der Waals surface area contributed by atoms with Crippen LogP contribution in [0.5, 0.6) is 0 Å². The lowest BCUT2D eigenvalue weighted by Gasteiger charge is -2.28. The van der Waals surface area contributed by atoms with Gasteiger partial charge >= 0.3 is 0 Å². The molecule has 0 heterocycles. The minimum atomic E-state index is -0.261. The summed E-state index contributed by atoms with van der Waals surface area (Å²) in [6, 6.07) is 6.27. The summed E-state index contributed by atoms with van der Waals surface area (Å²) in [4.78, 5) is 12.2. The molecule has 1 rings (SSSR count). The van der Waals surface area contributed by atoms with Gasteiger partial charge in [0.2, 0.25) is 5.91 Å². The van der Waals surface area contributed by atoms with Gasteiger partial charge < -0.3 is 10.6 Å². The average Bonchev–Trinajstić information content (AvgIpc) is 2.37. The number of nitrogens with one attached hydrogen (secondary N) is 2. The third-order valence-electron chi connectivity index (χ3n) is 3.36. The molecule has 1 aromatic rings. The number of hydrogen-bond acceptors (Lipinski definition) is 2. The van der Waals surface area contributed by atoms with Crippen LogP contribution in [0.1, 0.15) is 45.7 Å². The monoisotopic (exact) mass is 330 g/mol. The maximum Gasteiger partial charge on any atom is 0.224 e. The molecule has 0 saturated heterocycles. The van der Waals surface area contributed by atoms with E-state index < -0.39 is 0 Å². The van der Waals surface area contributed by atoms with Crippen molar-refractivity contribution in [1.29, 1.82) is 0 Å². The van der Waals surface area contributed by atoms with Crippen molar-refractivity contribution in [3.05, 3.63) is 35.6 Å². The maximum atomic E-state index is 13.1. The van der Waals surface area contributed by atoms with Crippen LogP contribution < -0.4 is 10.6 Å². The standard InChI is InChI=1S/C17H27FN2O.ClH/c1-12(11-19-5)16(21)20-15(10-17(2,3)4)13-6-8-14(18)9-7-13;/h6-9,12,15,19H,10-11H2,1-5H3,(H,20,21);1H. The molecule has 126 valence electrons. The molecule has 0 saturated carbocycles. The van der Waals surface area contributed by atoms with E-state index in [0.717, 1.165) is 12.0 Å². The Morgan fingerprint density at radius 2 is 1.77 bits per heavy atom. The zero-order valence-corrected chi connectivity index (χ0v) is 14.9. The molecule has 0 spiro atoms. The Bertz CT molecular complexity index is 457. The summed E-state index contributed by atoms with van der Waals surface area (Å²) in [5.41, 5.74) is 1.01. The molecular formula is C17H28ClFN2O. The number of halogens is 2. The molecule has 5 heteroatoms. The number of rotatable bonds is 6. The summed E-state index contributed by atoms with van der Waals surface area (Å²) in [5, 5.41) is 6.10. The molecule has 0 aromatic heterocycles. The largest absolute Gasteiger partial charge is 0.349 e. The van der Waals surface area contributed by atoms with Crippen molar-refractivity contribution >= 4 is 18.3 Å². The van der Waals surface area contributed by atoms with Crippen LogP contribution in [0.2, 0.25) is 0 Å². The summed E-state index contributed by atoms with van der Waals surface area (Å²) in [6.07, 6.45) is 0.802. The lowest BCUT2D eigenvalue weighted by atomic mass is 9.85. The third kappa shape index (κ3) is 7.23. The Kier molecular flexibility index (Phi) is 8.64. The van der Waals surface area contributed by atoms with Gasteiger partial charge in [-0.3, -0.25) is 4.79 Å². The molecule has 0 bridgehead atoms. The van der Waals surface area contributed by atoms with Gasteiger partial charge in [-0.1, -0.05) is 39.8 Å². The van der Waals surface area contributed by atoms with Crippen LogP contribution in [-0.4, -0.2) is 19.5 Å². The van der Waals surface area contributed by atoms with Crippen molar-refractivity contribution in [3.8, 4) is 0 Å². The number of carbonyl (C=O) groups is 1. The van der Waals surface area contributed by atoms with E-state index in [1.807, 2.05) is 14.0 Å². The molecule has 1 aromatic carbocycles. The van der Waals surface area contributed by atoms with Crippen molar-refractivity contribution in [2.75, 3.05) is 13.6 Å². The van der Waals surface area contributed by atoms with Crippen LogP contribution in [0.15, 0.2) is 24.3 Å². The second-order valence-electron chi connectivity index (χ2n) is 6.84. The van der Waals surface area contributed by atoms with Gasteiger partial charge in [0, 0.05) is 12.5 Å². The highest BCUT2D eigenvalue weighted by molar-refractivity contribution is 5.85. The van der Waals surface area contributed by atoms with E-state index in [-0.39, 0.29) is 41.5 Å². The molecule has 1 amide bonds. The molecule has 22 heavy (non-hydrogen) atoms. The summed E-state index contributed by atoms with van der Waals surface area (Å²) < 4.78 is 13.1. The van der Waals surface area contributed by atoms with E-state index >= 15 is 0 Å². The Balaban J connectivity index is 0.00000441. The molecule has 0 aliphatic carbocycles.